The van der Waals surface area contributed by atoms with Gasteiger partial charge in [0.05, 0.1) is 5.39 Å². The van der Waals surface area contributed by atoms with E-state index in [4.69, 9.17) is 5.11 Å². The van der Waals surface area contributed by atoms with Crippen molar-refractivity contribution in [1.29, 1.82) is 0 Å². The monoisotopic (exact) mass is 361 g/mol. The van der Waals surface area contributed by atoms with Crippen molar-refractivity contribution < 1.29 is 5.11 Å². The van der Waals surface area contributed by atoms with E-state index in [0.29, 0.717) is 13.0 Å². The molecule has 4 rings (SSSR count). The van der Waals surface area contributed by atoms with Crippen molar-refractivity contribution in [2.24, 2.45) is 0 Å². The van der Waals surface area contributed by atoms with Crippen LogP contribution in [0.15, 0.2) is 66.3 Å². The molecule has 4 aromatic rings. The predicted octanol–water partition coefficient (Wildman–Crippen LogP) is 4.82. The summed E-state index contributed by atoms with van der Waals surface area (Å²) in [7, 11) is 0. The van der Waals surface area contributed by atoms with Crippen molar-refractivity contribution in [2.45, 2.75) is 6.42 Å². The minimum absolute atomic E-state index is 0.165. The van der Waals surface area contributed by atoms with Gasteiger partial charge in [-0.3, -0.25) is 0 Å². The van der Waals surface area contributed by atoms with Gasteiger partial charge in [-0.15, -0.1) is 11.3 Å². The first kappa shape index (κ1) is 16.7. The number of fused-ring (bicyclic) bond motifs is 1. The first-order valence-corrected chi connectivity index (χ1v) is 9.47. The van der Waals surface area contributed by atoms with Crippen LogP contribution in [-0.2, 0) is 0 Å². The maximum atomic E-state index is 9.00. The Morgan fingerprint density at radius 3 is 2.38 bits per heavy atom. The summed E-state index contributed by atoms with van der Waals surface area (Å²) >= 11 is 1.62. The molecule has 2 aromatic carbocycles. The number of nitrogens with zero attached hydrogens (tertiary/aromatic N) is 2. The van der Waals surface area contributed by atoms with Crippen molar-refractivity contribution in [2.75, 3.05) is 18.5 Å². The molecule has 26 heavy (non-hydrogen) atoms. The van der Waals surface area contributed by atoms with E-state index in [0.717, 1.165) is 27.2 Å². The van der Waals surface area contributed by atoms with E-state index in [-0.39, 0.29) is 6.61 Å². The number of rotatable bonds is 6. The number of anilines is 1. The fraction of sp³-hybridized carbons (Fsp3) is 0.143. The fourth-order valence-electron chi connectivity index (χ4n) is 2.98. The molecule has 0 atom stereocenters. The molecule has 2 N–H and O–H groups in total. The van der Waals surface area contributed by atoms with Crippen LogP contribution in [0.1, 0.15) is 6.42 Å². The highest BCUT2D eigenvalue weighted by Gasteiger charge is 2.13. The second-order valence-corrected chi connectivity index (χ2v) is 6.86. The zero-order valence-electron chi connectivity index (χ0n) is 14.2. The molecule has 5 heteroatoms. The topological polar surface area (TPSA) is 58.0 Å². The van der Waals surface area contributed by atoms with Gasteiger partial charge in [0.2, 0.25) is 0 Å². The molecule has 0 aliphatic carbocycles. The van der Waals surface area contributed by atoms with Gasteiger partial charge in [0.1, 0.15) is 17.0 Å². The highest BCUT2D eigenvalue weighted by molar-refractivity contribution is 7.17. The number of aromatic nitrogens is 2. The van der Waals surface area contributed by atoms with Crippen molar-refractivity contribution in [3.63, 3.8) is 0 Å². The van der Waals surface area contributed by atoms with Crippen molar-refractivity contribution in [3.05, 3.63) is 66.3 Å². The summed E-state index contributed by atoms with van der Waals surface area (Å²) in [6.45, 7) is 0.851. The maximum Gasteiger partial charge on any atom is 0.138 e. The zero-order valence-corrected chi connectivity index (χ0v) is 15.0. The highest BCUT2D eigenvalue weighted by atomic mass is 32.1. The van der Waals surface area contributed by atoms with Gasteiger partial charge in [-0.05, 0) is 23.1 Å². The number of hydrogen-bond donors (Lipinski definition) is 2. The molecule has 4 nitrogen and oxygen atoms in total. The highest BCUT2D eigenvalue weighted by Crippen LogP contribution is 2.37. The predicted molar refractivity (Wildman–Crippen MR) is 108 cm³/mol. The molecule has 0 saturated heterocycles. The third kappa shape index (κ3) is 3.31. The molecule has 0 aliphatic heterocycles. The molecule has 0 amide bonds. The molecule has 0 unspecified atom stereocenters. The molecule has 0 radical (unpaired) electrons. The summed E-state index contributed by atoms with van der Waals surface area (Å²) in [5, 5.41) is 15.5. The van der Waals surface area contributed by atoms with Crippen LogP contribution in [0.2, 0.25) is 0 Å². The van der Waals surface area contributed by atoms with E-state index < -0.39 is 0 Å². The van der Waals surface area contributed by atoms with Crippen LogP contribution >= 0.6 is 11.3 Å². The lowest BCUT2D eigenvalue weighted by Gasteiger charge is -2.08. The van der Waals surface area contributed by atoms with Crippen LogP contribution in [-0.4, -0.2) is 28.2 Å². The molecule has 0 bridgehead atoms. The number of hydrogen-bond acceptors (Lipinski definition) is 5. The minimum Gasteiger partial charge on any atom is -0.396 e. The number of benzene rings is 2. The lowest BCUT2D eigenvalue weighted by Crippen LogP contribution is -2.05. The van der Waals surface area contributed by atoms with Gasteiger partial charge in [-0.2, -0.15) is 0 Å². The smallest absolute Gasteiger partial charge is 0.138 e. The summed E-state index contributed by atoms with van der Waals surface area (Å²) in [6, 6.07) is 19.0. The van der Waals surface area contributed by atoms with Gasteiger partial charge in [0.25, 0.3) is 0 Å². The van der Waals surface area contributed by atoms with Crippen molar-refractivity contribution >= 4 is 27.4 Å². The average molecular weight is 361 g/mol. The first-order chi connectivity index (χ1) is 12.9. The van der Waals surface area contributed by atoms with Crippen LogP contribution in [0.5, 0.6) is 0 Å². The second-order valence-electron chi connectivity index (χ2n) is 6.00. The third-order valence-electron chi connectivity index (χ3n) is 4.30. The van der Waals surface area contributed by atoms with Gasteiger partial charge in [-0.25, -0.2) is 9.97 Å². The van der Waals surface area contributed by atoms with E-state index in [1.165, 1.54) is 11.1 Å². The normalized spacial score (nSPS) is 11.0. The van der Waals surface area contributed by atoms with E-state index >= 15 is 0 Å². The lowest BCUT2D eigenvalue weighted by molar-refractivity contribution is 0.292. The summed E-state index contributed by atoms with van der Waals surface area (Å²) in [6.07, 6.45) is 2.28. The molecular weight excluding hydrogens is 342 g/mol. The van der Waals surface area contributed by atoms with E-state index in [2.05, 4.69) is 69.2 Å². The maximum absolute atomic E-state index is 9.00. The lowest BCUT2D eigenvalue weighted by atomic mass is 10.0. The number of thiophene rings is 1. The SMILES string of the molecule is OCCCNc1ncnc2scc(-c3ccc(-c4ccccc4)cc3)c12. The Bertz CT molecular complexity index is 997. The van der Waals surface area contributed by atoms with Gasteiger partial charge in [0.15, 0.2) is 0 Å². The molecule has 2 aromatic heterocycles. The number of nitrogens with one attached hydrogen (secondary N) is 1. The molecule has 0 saturated carbocycles. The summed E-state index contributed by atoms with van der Waals surface area (Å²) in [5.41, 5.74) is 4.70. The quantitative estimate of drug-likeness (QED) is 0.484. The third-order valence-corrected chi connectivity index (χ3v) is 5.19. The summed E-state index contributed by atoms with van der Waals surface area (Å²) in [4.78, 5) is 9.77. The standard InChI is InChI=1S/C21H19N3OS/c25-12-4-11-22-20-19-18(13-26-21(19)24-14-23-20)17-9-7-16(8-10-17)15-5-2-1-3-6-15/h1-3,5-10,13-14,25H,4,11-12H2,(H,22,23,24). The largest absolute Gasteiger partial charge is 0.396 e. The van der Waals surface area contributed by atoms with Crippen molar-refractivity contribution in [1.82, 2.24) is 9.97 Å². The molecule has 0 fully saturated rings. The minimum atomic E-state index is 0.165. The summed E-state index contributed by atoms with van der Waals surface area (Å²) in [5.74, 6) is 0.826. The van der Waals surface area contributed by atoms with E-state index in [1.54, 1.807) is 17.7 Å². The molecule has 0 aliphatic rings. The van der Waals surface area contributed by atoms with Crippen LogP contribution in [0.4, 0.5) is 5.82 Å². The van der Waals surface area contributed by atoms with Crippen LogP contribution < -0.4 is 5.32 Å². The molecular formula is C21H19N3OS. The molecule has 0 spiro atoms. The zero-order chi connectivity index (χ0) is 17.8. The van der Waals surface area contributed by atoms with Crippen LogP contribution in [0.3, 0.4) is 0 Å². The van der Waals surface area contributed by atoms with Gasteiger partial charge >= 0.3 is 0 Å². The second kappa shape index (κ2) is 7.64. The average Bonchev–Trinajstić information content (AvgIpc) is 3.14. The number of aliphatic hydroxyl groups excluding tert-OH is 1. The fourth-order valence-corrected chi connectivity index (χ4v) is 3.90. The van der Waals surface area contributed by atoms with Crippen LogP contribution in [0, 0.1) is 0 Å². The Morgan fingerprint density at radius 2 is 1.62 bits per heavy atom. The van der Waals surface area contributed by atoms with E-state index in [1.807, 2.05) is 6.07 Å². The Kier molecular flexibility index (Phi) is 4.91. The molecule has 2 heterocycles. The Balaban J connectivity index is 1.70. The van der Waals surface area contributed by atoms with Gasteiger partial charge < -0.3 is 10.4 Å². The molecule has 130 valence electrons. The van der Waals surface area contributed by atoms with Gasteiger partial charge in [0, 0.05) is 24.1 Å². The van der Waals surface area contributed by atoms with Crippen LogP contribution in [0.25, 0.3) is 32.5 Å². The first-order valence-electron chi connectivity index (χ1n) is 8.59. The Labute approximate surface area is 156 Å². The Hall–Kier alpha value is -2.76. The van der Waals surface area contributed by atoms with E-state index in [9.17, 15) is 0 Å². The summed E-state index contributed by atoms with van der Waals surface area (Å²) < 4.78 is 0. The Morgan fingerprint density at radius 1 is 0.885 bits per heavy atom. The van der Waals surface area contributed by atoms with Gasteiger partial charge in [-0.1, -0.05) is 54.6 Å². The number of aliphatic hydroxyl groups is 1. The van der Waals surface area contributed by atoms with Crippen molar-refractivity contribution in [3.8, 4) is 22.3 Å².